The minimum atomic E-state index is 0.661. The monoisotopic (exact) mass is 252 g/mol. The molecule has 72 valence electrons. The molecule has 1 heterocycles. The third-order valence-electron chi connectivity index (χ3n) is 1.87. The molecule has 0 spiro atoms. The molecule has 0 saturated carbocycles. The molecule has 14 heavy (non-hydrogen) atoms. The zero-order valence-corrected chi connectivity index (χ0v) is 9.27. The van der Waals surface area contributed by atoms with E-state index in [4.69, 9.17) is 0 Å². The molecule has 4 nitrogen and oxygen atoms in total. The second-order valence-corrected chi connectivity index (χ2v) is 3.49. The molecular formula is C9H9BrN4. The first-order valence-corrected chi connectivity index (χ1v) is 5.31. The van der Waals surface area contributed by atoms with Gasteiger partial charge in [-0.05, 0) is 10.8 Å². The van der Waals surface area contributed by atoms with Crippen molar-refractivity contribution in [3.05, 3.63) is 29.8 Å². The SMILES string of the molecule is Cn1nnc(-c2ccc(CBr)cc2)n1. The van der Waals surface area contributed by atoms with Gasteiger partial charge in [-0.15, -0.1) is 10.2 Å². The summed E-state index contributed by atoms with van der Waals surface area (Å²) in [4.78, 5) is 1.45. The normalized spacial score (nSPS) is 10.4. The van der Waals surface area contributed by atoms with Crippen molar-refractivity contribution in [1.82, 2.24) is 20.2 Å². The van der Waals surface area contributed by atoms with Crippen LogP contribution in [0.25, 0.3) is 11.4 Å². The molecule has 0 fully saturated rings. The van der Waals surface area contributed by atoms with E-state index in [9.17, 15) is 0 Å². The highest BCUT2D eigenvalue weighted by Crippen LogP contribution is 2.15. The van der Waals surface area contributed by atoms with Crippen molar-refractivity contribution in [3.8, 4) is 11.4 Å². The first-order chi connectivity index (χ1) is 6.79. The lowest BCUT2D eigenvalue weighted by atomic mass is 10.1. The Labute approximate surface area is 90.1 Å². The van der Waals surface area contributed by atoms with E-state index in [1.165, 1.54) is 10.4 Å². The molecule has 0 radical (unpaired) electrons. The van der Waals surface area contributed by atoms with Gasteiger partial charge in [-0.2, -0.15) is 4.80 Å². The van der Waals surface area contributed by atoms with E-state index in [1.807, 2.05) is 24.3 Å². The summed E-state index contributed by atoms with van der Waals surface area (Å²) in [5.41, 5.74) is 2.22. The summed E-state index contributed by atoms with van der Waals surface area (Å²) in [6.07, 6.45) is 0. The quantitative estimate of drug-likeness (QED) is 0.766. The summed E-state index contributed by atoms with van der Waals surface area (Å²) in [7, 11) is 1.75. The molecule has 1 aromatic heterocycles. The Morgan fingerprint density at radius 1 is 1.29 bits per heavy atom. The predicted molar refractivity (Wildman–Crippen MR) is 56.9 cm³/mol. The van der Waals surface area contributed by atoms with Gasteiger partial charge in [-0.25, -0.2) is 0 Å². The second kappa shape index (κ2) is 3.88. The van der Waals surface area contributed by atoms with Crippen LogP contribution in [0.3, 0.4) is 0 Å². The van der Waals surface area contributed by atoms with E-state index in [0.717, 1.165) is 10.9 Å². The minimum Gasteiger partial charge on any atom is -0.167 e. The average molecular weight is 253 g/mol. The Morgan fingerprint density at radius 2 is 2.00 bits per heavy atom. The van der Waals surface area contributed by atoms with Crippen molar-refractivity contribution in [3.63, 3.8) is 0 Å². The molecule has 0 atom stereocenters. The highest BCUT2D eigenvalue weighted by atomic mass is 79.9. The molecule has 0 amide bonds. The summed E-state index contributed by atoms with van der Waals surface area (Å²) in [6, 6.07) is 8.07. The number of rotatable bonds is 2. The van der Waals surface area contributed by atoms with Gasteiger partial charge in [0, 0.05) is 10.9 Å². The van der Waals surface area contributed by atoms with Crippen molar-refractivity contribution in [1.29, 1.82) is 0 Å². The Hall–Kier alpha value is -1.23. The molecule has 0 aliphatic rings. The van der Waals surface area contributed by atoms with Crippen LogP contribution in [-0.4, -0.2) is 20.2 Å². The molecular weight excluding hydrogens is 244 g/mol. The van der Waals surface area contributed by atoms with Gasteiger partial charge in [-0.1, -0.05) is 40.2 Å². The topological polar surface area (TPSA) is 43.6 Å². The summed E-state index contributed by atoms with van der Waals surface area (Å²) < 4.78 is 0. The maximum absolute atomic E-state index is 4.12. The van der Waals surface area contributed by atoms with Crippen LogP contribution in [0.1, 0.15) is 5.56 Å². The van der Waals surface area contributed by atoms with E-state index < -0.39 is 0 Å². The molecule has 5 heteroatoms. The molecule has 0 saturated heterocycles. The van der Waals surface area contributed by atoms with E-state index in [-0.39, 0.29) is 0 Å². The Balaban J connectivity index is 2.33. The molecule has 2 aromatic rings. The van der Waals surface area contributed by atoms with Crippen LogP contribution >= 0.6 is 15.9 Å². The second-order valence-electron chi connectivity index (χ2n) is 2.93. The number of tetrazole rings is 1. The van der Waals surface area contributed by atoms with Gasteiger partial charge in [0.2, 0.25) is 5.82 Å². The van der Waals surface area contributed by atoms with Crippen LogP contribution < -0.4 is 0 Å². The number of halogens is 1. The number of nitrogens with zero attached hydrogens (tertiary/aromatic N) is 4. The van der Waals surface area contributed by atoms with Crippen LogP contribution in [0, 0.1) is 0 Å². The number of aryl methyl sites for hydroxylation is 1. The number of alkyl halides is 1. The number of hydrogen-bond acceptors (Lipinski definition) is 3. The molecule has 2 rings (SSSR count). The van der Waals surface area contributed by atoms with Crippen LogP contribution in [0.15, 0.2) is 24.3 Å². The molecule has 1 aromatic carbocycles. The summed E-state index contributed by atoms with van der Waals surface area (Å²) in [5.74, 6) is 0.661. The van der Waals surface area contributed by atoms with Gasteiger partial charge >= 0.3 is 0 Å². The number of hydrogen-bond donors (Lipinski definition) is 0. The molecule has 0 N–H and O–H groups in total. The van der Waals surface area contributed by atoms with Gasteiger partial charge in [0.1, 0.15) is 0 Å². The Bertz CT molecular complexity index is 421. The largest absolute Gasteiger partial charge is 0.204 e. The van der Waals surface area contributed by atoms with Gasteiger partial charge in [0.25, 0.3) is 0 Å². The zero-order valence-electron chi connectivity index (χ0n) is 7.68. The fourth-order valence-electron chi connectivity index (χ4n) is 1.14. The van der Waals surface area contributed by atoms with Crippen LogP contribution in [0.4, 0.5) is 0 Å². The third-order valence-corrected chi connectivity index (χ3v) is 2.52. The lowest BCUT2D eigenvalue weighted by Crippen LogP contribution is -1.91. The lowest BCUT2D eigenvalue weighted by Gasteiger charge is -1.96. The van der Waals surface area contributed by atoms with Crippen molar-refractivity contribution in [2.45, 2.75) is 5.33 Å². The predicted octanol–water partition coefficient (Wildman–Crippen LogP) is 1.77. The Kier molecular flexibility index (Phi) is 2.58. The maximum atomic E-state index is 4.12. The van der Waals surface area contributed by atoms with E-state index in [2.05, 4.69) is 31.3 Å². The van der Waals surface area contributed by atoms with E-state index in [0.29, 0.717) is 5.82 Å². The van der Waals surface area contributed by atoms with Gasteiger partial charge in [0.05, 0.1) is 7.05 Å². The highest BCUT2D eigenvalue weighted by molar-refractivity contribution is 9.08. The fourth-order valence-corrected chi connectivity index (χ4v) is 1.52. The van der Waals surface area contributed by atoms with Gasteiger partial charge < -0.3 is 0 Å². The summed E-state index contributed by atoms with van der Waals surface area (Å²) in [5, 5.41) is 12.7. The number of benzene rings is 1. The van der Waals surface area contributed by atoms with Gasteiger partial charge in [0.15, 0.2) is 0 Å². The average Bonchev–Trinajstić information content (AvgIpc) is 2.65. The third kappa shape index (κ3) is 1.82. The lowest BCUT2D eigenvalue weighted by molar-refractivity contribution is 0.630. The highest BCUT2D eigenvalue weighted by Gasteiger charge is 2.02. The summed E-state index contributed by atoms with van der Waals surface area (Å²) in [6.45, 7) is 0. The smallest absolute Gasteiger partial charge is 0.167 e. The van der Waals surface area contributed by atoms with Gasteiger partial charge in [-0.3, -0.25) is 0 Å². The van der Waals surface area contributed by atoms with E-state index >= 15 is 0 Å². The molecule has 0 aliphatic heterocycles. The van der Waals surface area contributed by atoms with Crippen LogP contribution in [-0.2, 0) is 12.4 Å². The first-order valence-electron chi connectivity index (χ1n) is 4.19. The maximum Gasteiger partial charge on any atom is 0.204 e. The standard InChI is InChI=1S/C9H9BrN4/c1-14-12-9(11-13-14)8-4-2-7(6-10)3-5-8/h2-5H,6H2,1H3. The van der Waals surface area contributed by atoms with Crippen molar-refractivity contribution < 1.29 is 0 Å². The van der Waals surface area contributed by atoms with Crippen molar-refractivity contribution in [2.75, 3.05) is 0 Å². The summed E-state index contributed by atoms with van der Waals surface area (Å²) >= 11 is 3.39. The van der Waals surface area contributed by atoms with Crippen LogP contribution in [0.2, 0.25) is 0 Å². The molecule has 0 aliphatic carbocycles. The number of aromatic nitrogens is 4. The first kappa shape index (κ1) is 9.33. The van der Waals surface area contributed by atoms with Crippen molar-refractivity contribution >= 4 is 15.9 Å². The Morgan fingerprint density at radius 3 is 2.50 bits per heavy atom. The van der Waals surface area contributed by atoms with E-state index in [1.54, 1.807) is 7.05 Å². The molecule has 0 bridgehead atoms. The van der Waals surface area contributed by atoms with Crippen molar-refractivity contribution in [2.24, 2.45) is 7.05 Å². The minimum absolute atomic E-state index is 0.661. The molecule has 0 unspecified atom stereocenters. The fraction of sp³-hybridized carbons (Fsp3) is 0.222. The zero-order chi connectivity index (χ0) is 9.97. The van der Waals surface area contributed by atoms with Crippen LogP contribution in [0.5, 0.6) is 0 Å².